The van der Waals surface area contributed by atoms with Crippen LogP contribution in [0.25, 0.3) is 0 Å². The zero-order chi connectivity index (χ0) is 7.66. The molecule has 1 nitrogen and oxygen atoms in total. The molecular weight excluding hydrogens is 186 g/mol. The molecule has 0 atom stereocenters. The molecule has 0 aliphatic rings. The molecule has 0 fully saturated rings. The summed E-state index contributed by atoms with van der Waals surface area (Å²) in [6.45, 7) is 0.888. The second-order valence-electron chi connectivity index (χ2n) is 1.94. The van der Waals surface area contributed by atoms with Gasteiger partial charge in [-0.1, -0.05) is 17.2 Å². The van der Waals surface area contributed by atoms with E-state index in [1.165, 1.54) is 29.3 Å². The van der Waals surface area contributed by atoms with Gasteiger partial charge < -0.3 is 4.65 Å². The van der Waals surface area contributed by atoms with Gasteiger partial charge in [-0.25, -0.2) is 0 Å². The zero-order valence-corrected chi connectivity index (χ0v) is 8.53. The van der Waals surface area contributed by atoms with Gasteiger partial charge in [-0.15, -0.1) is 0 Å². The number of rotatable bonds is 7. The van der Waals surface area contributed by atoms with Crippen molar-refractivity contribution in [3.8, 4) is 0 Å². The van der Waals surface area contributed by atoms with Gasteiger partial charge >= 0.3 is 0 Å². The molecule has 0 saturated heterocycles. The van der Waals surface area contributed by atoms with E-state index in [1.54, 1.807) is 18.8 Å². The van der Waals surface area contributed by atoms with E-state index in [9.17, 15) is 0 Å². The van der Waals surface area contributed by atoms with Gasteiger partial charge in [0.1, 0.15) is 0 Å². The maximum Gasteiger partial charge on any atom is 0.257 e. The molecule has 0 N–H and O–H groups in total. The molecule has 0 saturated carbocycles. The van der Waals surface area contributed by atoms with Gasteiger partial charge in [0.15, 0.2) is 0 Å². The molecule has 0 spiro atoms. The van der Waals surface area contributed by atoms with E-state index in [0.717, 1.165) is 12.4 Å². The van der Waals surface area contributed by atoms with Crippen LogP contribution in [0.1, 0.15) is 19.3 Å². The summed E-state index contributed by atoms with van der Waals surface area (Å²) < 4.78 is 4.91. The van der Waals surface area contributed by atoms with E-state index in [2.05, 4.69) is 0 Å². The van der Waals surface area contributed by atoms with Crippen LogP contribution in [0.3, 0.4) is 0 Å². The summed E-state index contributed by atoms with van der Waals surface area (Å²) >= 11 is 0. The molecule has 0 heterocycles. The number of hydrogen-bond donors (Lipinski definition) is 0. The summed E-state index contributed by atoms with van der Waals surface area (Å²) in [5, 5.41) is 0. The quantitative estimate of drug-likeness (QED) is 0.353. The standard InChI is InChI=1S/C5H12BClOS2/c6-8-4-2-1-3-5-9-10-7/h1-6H2. The molecule has 0 unspecified atom stereocenters. The second kappa shape index (κ2) is 10.0. The normalized spacial score (nSPS) is 10.1. The topological polar surface area (TPSA) is 9.23 Å². The smallest absolute Gasteiger partial charge is 0.257 e. The fourth-order valence-corrected chi connectivity index (χ4v) is 2.11. The molecule has 0 aliphatic heterocycles. The minimum absolute atomic E-state index is 0.888. The largest absolute Gasteiger partial charge is 0.444 e. The minimum Gasteiger partial charge on any atom is -0.444 e. The van der Waals surface area contributed by atoms with Gasteiger partial charge in [0.05, 0.1) is 0 Å². The molecule has 0 aromatic carbocycles. The fourth-order valence-electron chi connectivity index (χ4n) is 0.616. The highest BCUT2D eigenvalue weighted by Gasteiger charge is 1.88. The Bertz CT molecular complexity index is 59.6. The van der Waals surface area contributed by atoms with Crippen LogP contribution in [0.2, 0.25) is 0 Å². The summed E-state index contributed by atoms with van der Waals surface area (Å²) in [4.78, 5) is 0. The highest BCUT2D eigenvalue weighted by Crippen LogP contribution is 2.26. The maximum absolute atomic E-state index is 5.40. The molecule has 0 rings (SSSR count). The highest BCUT2D eigenvalue weighted by molar-refractivity contribution is 8.85. The summed E-state index contributed by atoms with van der Waals surface area (Å²) in [6, 6.07) is 0. The monoisotopic (exact) mass is 198 g/mol. The van der Waals surface area contributed by atoms with E-state index >= 15 is 0 Å². The van der Waals surface area contributed by atoms with Gasteiger partial charge in [-0.2, -0.15) is 0 Å². The van der Waals surface area contributed by atoms with E-state index < -0.39 is 0 Å². The third-order valence-corrected chi connectivity index (χ3v) is 3.23. The number of halogens is 1. The lowest BCUT2D eigenvalue weighted by Gasteiger charge is -1.97. The zero-order valence-electron chi connectivity index (χ0n) is 6.14. The van der Waals surface area contributed by atoms with E-state index in [0.29, 0.717) is 0 Å². The first-order valence-electron chi connectivity index (χ1n) is 3.31. The highest BCUT2D eigenvalue weighted by atomic mass is 35.7. The van der Waals surface area contributed by atoms with Gasteiger partial charge in [0, 0.05) is 22.4 Å². The Labute approximate surface area is 76.0 Å². The first-order valence-corrected chi connectivity index (χ1v) is 6.45. The average Bonchev–Trinajstić information content (AvgIpc) is 1.97. The van der Waals surface area contributed by atoms with Gasteiger partial charge in [0.2, 0.25) is 0 Å². The second-order valence-corrected chi connectivity index (χ2v) is 4.93. The molecule has 10 heavy (non-hydrogen) atoms. The summed E-state index contributed by atoms with van der Waals surface area (Å²) in [5.74, 6) is 1.15. The van der Waals surface area contributed by atoms with E-state index in [-0.39, 0.29) is 0 Å². The first-order chi connectivity index (χ1) is 4.91. The van der Waals surface area contributed by atoms with Crippen molar-refractivity contribution in [1.82, 2.24) is 0 Å². The van der Waals surface area contributed by atoms with Gasteiger partial charge in [-0.3, -0.25) is 0 Å². The lowest BCUT2D eigenvalue weighted by atomic mass is 10.3. The Kier molecular flexibility index (Phi) is 11.0. The van der Waals surface area contributed by atoms with Crippen molar-refractivity contribution in [2.24, 2.45) is 0 Å². The van der Waals surface area contributed by atoms with Crippen LogP contribution < -0.4 is 0 Å². The molecule has 60 valence electrons. The summed E-state index contributed by atoms with van der Waals surface area (Å²) in [6.07, 6.45) is 3.66. The van der Waals surface area contributed by atoms with Crippen molar-refractivity contribution in [2.75, 3.05) is 12.4 Å². The number of unbranched alkanes of at least 4 members (excludes halogenated alkanes) is 2. The molecule has 0 aromatic rings. The molecule has 0 aliphatic carbocycles. The molecule has 0 bridgehead atoms. The van der Waals surface area contributed by atoms with E-state index in [4.69, 9.17) is 15.3 Å². The van der Waals surface area contributed by atoms with Crippen molar-refractivity contribution in [1.29, 1.82) is 0 Å². The Morgan fingerprint density at radius 3 is 2.70 bits per heavy atom. The third kappa shape index (κ3) is 9.01. The Morgan fingerprint density at radius 2 is 2.10 bits per heavy atom. The molecule has 0 aromatic heterocycles. The summed E-state index contributed by atoms with van der Waals surface area (Å²) in [7, 11) is 10.2. The first kappa shape index (κ1) is 11.0. The predicted octanol–water partition coefficient (Wildman–Crippen LogP) is 2.26. The van der Waals surface area contributed by atoms with Crippen LogP contribution in [0.15, 0.2) is 0 Å². The van der Waals surface area contributed by atoms with Crippen molar-refractivity contribution in [2.45, 2.75) is 19.3 Å². The van der Waals surface area contributed by atoms with Crippen molar-refractivity contribution in [3.63, 3.8) is 0 Å². The van der Waals surface area contributed by atoms with Crippen LogP contribution >= 0.6 is 31.5 Å². The van der Waals surface area contributed by atoms with Crippen LogP contribution in [0.5, 0.6) is 0 Å². The Morgan fingerprint density at radius 1 is 1.30 bits per heavy atom. The lowest BCUT2D eigenvalue weighted by molar-refractivity contribution is 0.335. The Balaban J connectivity index is 2.65. The predicted molar refractivity (Wildman–Crippen MR) is 54.2 cm³/mol. The van der Waals surface area contributed by atoms with Crippen molar-refractivity contribution in [3.05, 3.63) is 0 Å². The van der Waals surface area contributed by atoms with Crippen LogP contribution in [0, 0.1) is 0 Å². The van der Waals surface area contributed by atoms with Crippen LogP contribution in [-0.2, 0) is 4.65 Å². The molecular formula is C5H12BClOS2. The van der Waals surface area contributed by atoms with Crippen LogP contribution in [-0.4, -0.2) is 20.4 Å². The van der Waals surface area contributed by atoms with Crippen molar-refractivity contribution >= 4 is 39.5 Å². The maximum atomic E-state index is 5.40. The van der Waals surface area contributed by atoms with Crippen molar-refractivity contribution < 1.29 is 4.65 Å². The Hall–Kier alpha value is 1.01. The van der Waals surface area contributed by atoms with E-state index in [1.807, 2.05) is 0 Å². The average molecular weight is 199 g/mol. The minimum atomic E-state index is 0.888. The molecule has 0 amide bonds. The fraction of sp³-hybridized carbons (Fsp3) is 1.00. The van der Waals surface area contributed by atoms with Gasteiger partial charge in [0.25, 0.3) is 8.05 Å². The molecule has 5 heteroatoms. The lowest BCUT2D eigenvalue weighted by Crippen LogP contribution is -1.89. The SMILES string of the molecule is BOCCCCCSSCl. The van der Waals surface area contributed by atoms with Crippen LogP contribution in [0.4, 0.5) is 0 Å². The summed E-state index contributed by atoms with van der Waals surface area (Å²) in [5.41, 5.74) is 0. The molecule has 0 radical (unpaired) electrons. The third-order valence-electron chi connectivity index (χ3n) is 1.12. The number of hydrogen-bond acceptors (Lipinski definition) is 3. The van der Waals surface area contributed by atoms with Gasteiger partial charge in [-0.05, 0) is 23.5 Å².